The number of nitrogens with one attached hydrogen (secondary N) is 1. The molecule has 2 fully saturated rings. The summed E-state index contributed by atoms with van der Waals surface area (Å²) >= 11 is 1.74. The first-order chi connectivity index (χ1) is 14.0. The van der Waals surface area contributed by atoms with Crippen molar-refractivity contribution in [2.24, 2.45) is 0 Å². The Bertz CT molecular complexity index is 919. The van der Waals surface area contributed by atoms with Gasteiger partial charge in [-0.3, -0.25) is 24.2 Å². The normalized spacial score (nSPS) is 18.1. The third-order valence-electron chi connectivity index (χ3n) is 5.46. The number of rotatable bonds is 6. The first kappa shape index (κ1) is 19.8. The van der Waals surface area contributed by atoms with Crippen LogP contribution in [0.15, 0.2) is 18.2 Å². The van der Waals surface area contributed by atoms with Gasteiger partial charge in [0.2, 0.25) is 17.7 Å². The molecule has 9 heteroatoms. The zero-order chi connectivity index (χ0) is 20.4. The second-order valence-corrected chi connectivity index (χ2v) is 8.48. The Balaban J connectivity index is 1.21. The van der Waals surface area contributed by atoms with Gasteiger partial charge in [-0.15, -0.1) is 0 Å². The highest BCUT2D eigenvalue weighted by atomic mass is 32.1. The van der Waals surface area contributed by atoms with Crippen molar-refractivity contribution >= 4 is 44.4 Å². The molecule has 4 rings (SSSR count). The summed E-state index contributed by atoms with van der Waals surface area (Å²) in [5.41, 5.74) is 2.30. The highest BCUT2D eigenvalue weighted by molar-refractivity contribution is 7.22. The maximum Gasteiger partial charge on any atom is 0.240 e. The van der Waals surface area contributed by atoms with Gasteiger partial charge in [-0.1, -0.05) is 23.5 Å². The molecule has 0 atom stereocenters. The van der Waals surface area contributed by atoms with Gasteiger partial charge in [-0.25, -0.2) is 4.98 Å². The van der Waals surface area contributed by atoms with Crippen molar-refractivity contribution in [2.45, 2.75) is 19.8 Å². The van der Waals surface area contributed by atoms with Crippen molar-refractivity contribution in [2.75, 3.05) is 50.7 Å². The molecule has 29 heavy (non-hydrogen) atoms. The van der Waals surface area contributed by atoms with Crippen LogP contribution >= 0.6 is 11.3 Å². The SMILES string of the molecule is Cc1cccc2sc(N3CCN(CCNC(=O)CN4C(=O)CCC4=O)CC3)nc12. The molecule has 2 aliphatic heterocycles. The third kappa shape index (κ3) is 4.40. The van der Waals surface area contributed by atoms with Crippen molar-refractivity contribution in [1.82, 2.24) is 20.1 Å². The summed E-state index contributed by atoms with van der Waals surface area (Å²) < 4.78 is 1.22. The molecule has 1 aromatic heterocycles. The molecular weight excluding hydrogens is 390 g/mol. The van der Waals surface area contributed by atoms with E-state index in [9.17, 15) is 14.4 Å². The average Bonchev–Trinajstić information content (AvgIpc) is 3.28. The molecule has 2 saturated heterocycles. The second kappa shape index (κ2) is 8.46. The van der Waals surface area contributed by atoms with Crippen LogP contribution in [0.2, 0.25) is 0 Å². The van der Waals surface area contributed by atoms with Gasteiger partial charge in [0.1, 0.15) is 6.54 Å². The van der Waals surface area contributed by atoms with Crippen LogP contribution in [0, 0.1) is 6.92 Å². The lowest BCUT2D eigenvalue weighted by Gasteiger charge is -2.34. The van der Waals surface area contributed by atoms with Gasteiger partial charge in [0, 0.05) is 52.1 Å². The number of hydrogen-bond acceptors (Lipinski definition) is 7. The monoisotopic (exact) mass is 415 g/mol. The van der Waals surface area contributed by atoms with Crippen LogP contribution in [0.1, 0.15) is 18.4 Å². The van der Waals surface area contributed by atoms with E-state index >= 15 is 0 Å². The number of benzene rings is 1. The van der Waals surface area contributed by atoms with Crippen LogP contribution in [0.3, 0.4) is 0 Å². The molecule has 3 heterocycles. The number of nitrogens with zero attached hydrogens (tertiary/aromatic N) is 4. The van der Waals surface area contributed by atoms with Crippen LogP contribution in [0.5, 0.6) is 0 Å². The molecule has 0 aliphatic carbocycles. The topological polar surface area (TPSA) is 85.9 Å². The van der Waals surface area contributed by atoms with Crippen molar-refractivity contribution in [3.8, 4) is 0 Å². The summed E-state index contributed by atoms with van der Waals surface area (Å²) in [6.07, 6.45) is 0.426. The van der Waals surface area contributed by atoms with E-state index in [0.717, 1.165) is 48.3 Å². The number of likely N-dealkylation sites (tertiary alicyclic amines) is 1. The minimum Gasteiger partial charge on any atom is -0.353 e. The number of aryl methyl sites for hydroxylation is 1. The summed E-state index contributed by atoms with van der Waals surface area (Å²) in [6.45, 7) is 6.82. The predicted molar refractivity (Wildman–Crippen MR) is 112 cm³/mol. The zero-order valence-corrected chi connectivity index (χ0v) is 17.3. The fourth-order valence-corrected chi connectivity index (χ4v) is 4.82. The minimum atomic E-state index is -0.280. The largest absolute Gasteiger partial charge is 0.353 e. The van der Waals surface area contributed by atoms with E-state index in [1.165, 1.54) is 10.3 Å². The summed E-state index contributed by atoms with van der Waals surface area (Å²) in [5.74, 6) is -0.797. The molecule has 8 nitrogen and oxygen atoms in total. The number of piperazine rings is 1. The van der Waals surface area contributed by atoms with E-state index in [0.29, 0.717) is 6.54 Å². The number of amides is 3. The predicted octanol–water partition coefficient (Wildman–Crippen LogP) is 0.992. The number of thiazole rings is 1. The lowest BCUT2D eigenvalue weighted by Crippen LogP contribution is -2.49. The molecule has 0 spiro atoms. The van der Waals surface area contributed by atoms with Gasteiger partial charge in [0.05, 0.1) is 10.2 Å². The summed E-state index contributed by atoms with van der Waals surface area (Å²) in [4.78, 5) is 45.6. The quantitative estimate of drug-likeness (QED) is 0.709. The molecule has 2 aliphatic rings. The summed E-state index contributed by atoms with van der Waals surface area (Å²) in [6, 6.07) is 6.28. The van der Waals surface area contributed by atoms with E-state index in [1.54, 1.807) is 11.3 Å². The molecule has 3 amide bonds. The number of aromatic nitrogens is 1. The standard InChI is InChI=1S/C20H25N5O3S/c1-14-3-2-4-15-19(14)22-20(29-15)24-11-9-23(10-12-24)8-7-21-16(26)13-25-17(27)5-6-18(25)28/h2-4H,5-13H2,1H3,(H,21,26). The molecule has 0 unspecified atom stereocenters. The maximum absolute atomic E-state index is 12.0. The van der Waals surface area contributed by atoms with Crippen molar-refractivity contribution in [3.05, 3.63) is 23.8 Å². The van der Waals surface area contributed by atoms with E-state index in [1.807, 2.05) is 0 Å². The van der Waals surface area contributed by atoms with Crippen LogP contribution in [-0.2, 0) is 14.4 Å². The Morgan fingerprint density at radius 3 is 2.55 bits per heavy atom. The van der Waals surface area contributed by atoms with Gasteiger partial charge < -0.3 is 10.2 Å². The van der Waals surface area contributed by atoms with Crippen LogP contribution < -0.4 is 10.2 Å². The van der Waals surface area contributed by atoms with Crippen LogP contribution in [-0.4, -0.2) is 78.3 Å². The highest BCUT2D eigenvalue weighted by Crippen LogP contribution is 2.30. The maximum atomic E-state index is 12.0. The number of hydrogen-bond donors (Lipinski definition) is 1. The minimum absolute atomic E-state index is 0.164. The van der Waals surface area contributed by atoms with E-state index in [-0.39, 0.29) is 37.1 Å². The van der Waals surface area contributed by atoms with E-state index < -0.39 is 0 Å². The number of imide groups is 1. The number of fused-ring (bicyclic) bond motifs is 1. The zero-order valence-electron chi connectivity index (χ0n) is 16.5. The van der Waals surface area contributed by atoms with Gasteiger partial charge in [-0.05, 0) is 18.6 Å². The first-order valence-corrected chi connectivity index (χ1v) is 10.8. The fourth-order valence-electron chi connectivity index (χ4n) is 3.72. The van der Waals surface area contributed by atoms with Crippen LogP contribution in [0.25, 0.3) is 10.2 Å². The van der Waals surface area contributed by atoms with Crippen molar-refractivity contribution < 1.29 is 14.4 Å². The molecule has 1 N–H and O–H groups in total. The Morgan fingerprint density at radius 2 is 1.86 bits per heavy atom. The Hall–Kier alpha value is -2.52. The smallest absolute Gasteiger partial charge is 0.240 e. The molecule has 0 saturated carbocycles. The number of anilines is 1. The molecule has 154 valence electrons. The van der Waals surface area contributed by atoms with Gasteiger partial charge in [0.15, 0.2) is 5.13 Å². The fraction of sp³-hybridized carbons (Fsp3) is 0.500. The average molecular weight is 416 g/mol. The highest BCUT2D eigenvalue weighted by Gasteiger charge is 2.30. The Morgan fingerprint density at radius 1 is 1.14 bits per heavy atom. The Kier molecular flexibility index (Phi) is 5.77. The van der Waals surface area contributed by atoms with Crippen molar-refractivity contribution in [1.29, 1.82) is 0 Å². The molecule has 2 aromatic rings. The number of para-hydroxylation sites is 1. The Labute approximate surface area is 173 Å². The van der Waals surface area contributed by atoms with Crippen molar-refractivity contribution in [3.63, 3.8) is 0 Å². The lowest BCUT2D eigenvalue weighted by atomic mass is 10.2. The molecule has 1 aromatic carbocycles. The van der Waals surface area contributed by atoms with Gasteiger partial charge in [-0.2, -0.15) is 0 Å². The van der Waals surface area contributed by atoms with Gasteiger partial charge in [0.25, 0.3) is 0 Å². The molecular formula is C20H25N5O3S. The first-order valence-electron chi connectivity index (χ1n) is 9.94. The van der Waals surface area contributed by atoms with E-state index in [2.05, 4.69) is 40.2 Å². The van der Waals surface area contributed by atoms with Crippen LogP contribution in [0.4, 0.5) is 5.13 Å². The number of carbonyl (C=O) groups excluding carboxylic acids is 3. The van der Waals surface area contributed by atoms with Gasteiger partial charge >= 0.3 is 0 Å². The van der Waals surface area contributed by atoms with E-state index in [4.69, 9.17) is 4.98 Å². The summed E-state index contributed by atoms with van der Waals surface area (Å²) in [5, 5.41) is 3.89. The lowest BCUT2D eigenvalue weighted by molar-refractivity contribution is -0.142. The summed E-state index contributed by atoms with van der Waals surface area (Å²) in [7, 11) is 0. The molecule has 0 radical (unpaired) electrons. The molecule has 0 bridgehead atoms. The second-order valence-electron chi connectivity index (χ2n) is 7.47. The third-order valence-corrected chi connectivity index (χ3v) is 6.54. The number of carbonyl (C=O) groups is 3.